The van der Waals surface area contributed by atoms with E-state index < -0.39 is 16.8 Å². The first-order valence-corrected chi connectivity index (χ1v) is 6.86. The summed E-state index contributed by atoms with van der Waals surface area (Å²) in [6.07, 6.45) is 0.375. The van der Waals surface area contributed by atoms with Crippen molar-refractivity contribution in [3.05, 3.63) is 70.2 Å². The molecule has 2 N–H and O–H groups in total. The zero-order valence-corrected chi connectivity index (χ0v) is 11.9. The fraction of sp³-hybridized carbons (Fsp3) is 0.133. The Kier molecular flexibility index (Phi) is 3.90. The first-order chi connectivity index (χ1) is 11.1. The molecule has 0 fully saturated rings. The Labute approximate surface area is 130 Å². The summed E-state index contributed by atoms with van der Waals surface area (Å²) >= 11 is 0. The standard InChI is InChI=1S/C15H13FN4O3/c16-11-6-2-1-5-10(11)12(21)9-17-14-15(20(22)23)19-8-4-3-7-13(19)18-14/h1-8,12,17,21H,9H2. The Morgan fingerprint density at radius 2 is 2.04 bits per heavy atom. The molecule has 3 aromatic rings. The molecule has 7 nitrogen and oxygen atoms in total. The van der Waals surface area contributed by atoms with Crippen molar-refractivity contribution in [1.82, 2.24) is 9.38 Å². The maximum atomic E-state index is 13.6. The number of hydrogen-bond acceptors (Lipinski definition) is 5. The van der Waals surface area contributed by atoms with E-state index in [0.717, 1.165) is 0 Å². The predicted octanol–water partition coefficient (Wildman–Crippen LogP) is 2.53. The molecule has 1 unspecified atom stereocenters. The van der Waals surface area contributed by atoms with Gasteiger partial charge in [-0.05, 0) is 17.1 Å². The van der Waals surface area contributed by atoms with E-state index in [0.29, 0.717) is 5.65 Å². The number of benzene rings is 1. The molecule has 0 spiro atoms. The monoisotopic (exact) mass is 316 g/mol. The third-order valence-electron chi connectivity index (χ3n) is 3.40. The lowest BCUT2D eigenvalue weighted by molar-refractivity contribution is -0.389. The van der Waals surface area contributed by atoms with Crippen LogP contribution in [0.4, 0.5) is 16.0 Å². The highest BCUT2D eigenvalue weighted by atomic mass is 19.1. The van der Waals surface area contributed by atoms with E-state index in [1.807, 2.05) is 0 Å². The summed E-state index contributed by atoms with van der Waals surface area (Å²) in [7, 11) is 0. The number of aliphatic hydroxyl groups excluding tert-OH is 1. The zero-order valence-electron chi connectivity index (χ0n) is 11.9. The van der Waals surface area contributed by atoms with Crippen molar-refractivity contribution in [2.24, 2.45) is 0 Å². The molecule has 1 atom stereocenters. The summed E-state index contributed by atoms with van der Waals surface area (Å²) in [4.78, 5) is 14.8. The Morgan fingerprint density at radius 1 is 1.30 bits per heavy atom. The average Bonchev–Trinajstić information content (AvgIpc) is 2.91. The molecule has 118 valence electrons. The molecule has 0 aliphatic carbocycles. The van der Waals surface area contributed by atoms with Crippen LogP contribution in [-0.4, -0.2) is 26.0 Å². The van der Waals surface area contributed by atoms with Gasteiger partial charge in [-0.3, -0.25) is 0 Å². The number of pyridine rings is 1. The largest absolute Gasteiger partial charge is 0.386 e. The number of aromatic nitrogens is 2. The number of fused-ring (bicyclic) bond motifs is 1. The molecule has 8 heteroatoms. The summed E-state index contributed by atoms with van der Waals surface area (Å²) in [5, 5.41) is 24.0. The van der Waals surface area contributed by atoms with Gasteiger partial charge in [0, 0.05) is 18.2 Å². The third kappa shape index (κ3) is 2.84. The van der Waals surface area contributed by atoms with Gasteiger partial charge in [0.25, 0.3) is 0 Å². The van der Waals surface area contributed by atoms with Gasteiger partial charge in [0.15, 0.2) is 0 Å². The van der Waals surface area contributed by atoms with Crippen LogP contribution in [0.3, 0.4) is 0 Å². The molecule has 1 aromatic carbocycles. The summed E-state index contributed by atoms with van der Waals surface area (Å²) in [5.41, 5.74) is 0.522. The van der Waals surface area contributed by atoms with E-state index in [2.05, 4.69) is 10.3 Å². The Balaban J connectivity index is 1.86. The molecule has 2 aromatic heterocycles. The third-order valence-corrected chi connectivity index (χ3v) is 3.40. The number of nitrogens with one attached hydrogen (secondary N) is 1. The second-order valence-corrected chi connectivity index (χ2v) is 4.89. The lowest BCUT2D eigenvalue weighted by atomic mass is 10.1. The van der Waals surface area contributed by atoms with Gasteiger partial charge < -0.3 is 20.5 Å². The van der Waals surface area contributed by atoms with Crippen LogP contribution in [0, 0.1) is 15.9 Å². The molecule has 3 rings (SSSR count). The maximum Gasteiger partial charge on any atom is 0.372 e. The second-order valence-electron chi connectivity index (χ2n) is 4.89. The molecule has 0 saturated carbocycles. The van der Waals surface area contributed by atoms with E-state index in [4.69, 9.17) is 0 Å². The van der Waals surface area contributed by atoms with Crippen LogP contribution in [0.1, 0.15) is 11.7 Å². The number of rotatable bonds is 5. The van der Waals surface area contributed by atoms with Crippen molar-refractivity contribution >= 4 is 17.3 Å². The number of imidazole rings is 1. The maximum absolute atomic E-state index is 13.6. The highest BCUT2D eigenvalue weighted by Crippen LogP contribution is 2.26. The zero-order chi connectivity index (χ0) is 16.4. The van der Waals surface area contributed by atoms with Crippen molar-refractivity contribution < 1.29 is 14.4 Å². The number of nitrogens with zero attached hydrogens (tertiary/aromatic N) is 3. The second kappa shape index (κ2) is 6.01. The molecule has 0 aliphatic heterocycles. The number of aliphatic hydroxyl groups is 1. The number of hydrogen-bond donors (Lipinski definition) is 2. The summed E-state index contributed by atoms with van der Waals surface area (Å²) < 4.78 is 15.0. The van der Waals surface area contributed by atoms with E-state index in [1.54, 1.807) is 24.3 Å². The minimum atomic E-state index is -1.15. The SMILES string of the molecule is O=[N+]([O-])c1c(NCC(O)c2ccccc2F)nc2ccccn12. The topological polar surface area (TPSA) is 92.7 Å². The molecule has 23 heavy (non-hydrogen) atoms. The lowest BCUT2D eigenvalue weighted by Crippen LogP contribution is -2.14. The van der Waals surface area contributed by atoms with Crippen LogP contribution in [-0.2, 0) is 0 Å². The van der Waals surface area contributed by atoms with Crippen LogP contribution < -0.4 is 5.32 Å². The van der Waals surface area contributed by atoms with Crippen molar-refractivity contribution in [2.45, 2.75) is 6.10 Å². The average molecular weight is 316 g/mol. The minimum absolute atomic E-state index is 0.0246. The van der Waals surface area contributed by atoms with Gasteiger partial charge in [0.1, 0.15) is 5.82 Å². The van der Waals surface area contributed by atoms with Gasteiger partial charge in [-0.25, -0.2) is 4.39 Å². The summed E-state index contributed by atoms with van der Waals surface area (Å²) in [5.74, 6) is -0.746. The minimum Gasteiger partial charge on any atom is -0.386 e. The normalized spacial score (nSPS) is 12.3. The molecular weight excluding hydrogens is 303 g/mol. The van der Waals surface area contributed by atoms with Crippen molar-refractivity contribution in [2.75, 3.05) is 11.9 Å². The predicted molar refractivity (Wildman–Crippen MR) is 81.7 cm³/mol. The van der Waals surface area contributed by atoms with Crippen LogP contribution in [0.5, 0.6) is 0 Å². The number of halogens is 1. The van der Waals surface area contributed by atoms with Gasteiger partial charge >= 0.3 is 5.82 Å². The Hall–Kier alpha value is -3.00. The highest BCUT2D eigenvalue weighted by molar-refractivity contribution is 5.62. The van der Waals surface area contributed by atoms with Gasteiger partial charge in [0.2, 0.25) is 11.5 Å². The molecule has 0 aliphatic rings. The van der Waals surface area contributed by atoms with Crippen molar-refractivity contribution in [1.29, 1.82) is 0 Å². The molecule has 0 radical (unpaired) electrons. The fourth-order valence-corrected chi connectivity index (χ4v) is 2.32. The number of nitro groups is 1. The molecule has 0 amide bonds. The van der Waals surface area contributed by atoms with E-state index in [9.17, 15) is 19.6 Å². The quantitative estimate of drug-likeness (QED) is 0.557. The highest BCUT2D eigenvalue weighted by Gasteiger charge is 2.23. The van der Waals surface area contributed by atoms with Crippen LogP contribution in [0.15, 0.2) is 48.7 Å². The van der Waals surface area contributed by atoms with Crippen molar-refractivity contribution in [3.63, 3.8) is 0 Å². The summed E-state index contributed by atoms with van der Waals surface area (Å²) in [6, 6.07) is 10.8. The van der Waals surface area contributed by atoms with Crippen LogP contribution in [0.25, 0.3) is 5.65 Å². The van der Waals surface area contributed by atoms with Gasteiger partial charge in [-0.15, -0.1) is 0 Å². The molecule has 2 heterocycles. The first-order valence-electron chi connectivity index (χ1n) is 6.86. The molecule has 0 saturated heterocycles. The van der Waals surface area contributed by atoms with Gasteiger partial charge in [0.05, 0.1) is 12.3 Å². The van der Waals surface area contributed by atoms with Crippen LogP contribution >= 0.6 is 0 Å². The van der Waals surface area contributed by atoms with Gasteiger partial charge in [-0.2, -0.15) is 9.38 Å². The molecule has 0 bridgehead atoms. The first kappa shape index (κ1) is 14.9. The Bertz CT molecular complexity index is 865. The van der Waals surface area contributed by atoms with Gasteiger partial charge in [-0.1, -0.05) is 24.3 Å². The van der Waals surface area contributed by atoms with Crippen LogP contribution in [0.2, 0.25) is 0 Å². The van der Waals surface area contributed by atoms with Crippen molar-refractivity contribution in [3.8, 4) is 0 Å². The summed E-state index contributed by atoms with van der Waals surface area (Å²) in [6.45, 7) is -0.106. The van der Waals surface area contributed by atoms with E-state index in [1.165, 1.54) is 28.8 Å². The van der Waals surface area contributed by atoms with E-state index in [-0.39, 0.29) is 23.7 Å². The Morgan fingerprint density at radius 3 is 2.78 bits per heavy atom. The smallest absolute Gasteiger partial charge is 0.372 e. The lowest BCUT2D eigenvalue weighted by Gasteiger charge is -2.12. The number of anilines is 1. The fourth-order valence-electron chi connectivity index (χ4n) is 2.32. The van der Waals surface area contributed by atoms with E-state index >= 15 is 0 Å². The molecular formula is C15H13FN4O3.